The maximum absolute atomic E-state index is 2.65. The van der Waals surface area contributed by atoms with Gasteiger partial charge in [-0.1, -0.05) is 26.0 Å². The van der Waals surface area contributed by atoms with Crippen LogP contribution in [0.2, 0.25) is 0 Å². The second kappa shape index (κ2) is 4.27. The number of nitrogens with zero attached hydrogens (tertiary/aromatic N) is 1. The fraction of sp³-hybridized carbons (Fsp3) is 0.733. The summed E-state index contributed by atoms with van der Waals surface area (Å²) in [5.74, 6) is 1.59. The molecule has 2 unspecified atom stereocenters. The molecule has 0 radical (unpaired) electrons. The Morgan fingerprint density at radius 1 is 1.44 bits per heavy atom. The Kier molecular flexibility index (Phi) is 3.14. The SMILES string of the molecule is CCCN1C2=CC=CCC2C(C)CC1(C)C. The topological polar surface area (TPSA) is 3.24 Å². The lowest BCUT2D eigenvalue weighted by Gasteiger charge is -2.52. The van der Waals surface area contributed by atoms with Gasteiger partial charge in [-0.25, -0.2) is 0 Å². The van der Waals surface area contributed by atoms with E-state index in [-0.39, 0.29) is 0 Å². The smallest absolute Gasteiger partial charge is 0.0346 e. The molecule has 0 amide bonds. The summed E-state index contributed by atoms with van der Waals surface area (Å²) in [6.07, 6.45) is 10.7. The number of hydrogen-bond acceptors (Lipinski definition) is 1. The van der Waals surface area contributed by atoms with E-state index in [1.807, 2.05) is 0 Å². The van der Waals surface area contributed by atoms with Crippen LogP contribution in [0.3, 0.4) is 0 Å². The second-order valence-corrected chi connectivity index (χ2v) is 6.01. The zero-order valence-corrected chi connectivity index (χ0v) is 11.2. The van der Waals surface area contributed by atoms with Crippen molar-refractivity contribution in [1.82, 2.24) is 4.90 Å². The van der Waals surface area contributed by atoms with Crippen molar-refractivity contribution < 1.29 is 0 Å². The zero-order chi connectivity index (χ0) is 11.8. The minimum absolute atomic E-state index is 0.336. The number of fused-ring (bicyclic) bond motifs is 1. The fourth-order valence-electron chi connectivity index (χ4n) is 3.50. The first-order chi connectivity index (χ1) is 7.56. The molecule has 0 aromatic carbocycles. The average Bonchev–Trinajstić information content (AvgIpc) is 2.23. The third-order valence-corrected chi connectivity index (χ3v) is 4.17. The predicted octanol–water partition coefficient (Wildman–Crippen LogP) is 3.98. The van der Waals surface area contributed by atoms with Crippen LogP contribution in [0.15, 0.2) is 23.9 Å². The highest BCUT2D eigenvalue weighted by atomic mass is 15.2. The van der Waals surface area contributed by atoms with Crippen molar-refractivity contribution in [2.24, 2.45) is 11.8 Å². The van der Waals surface area contributed by atoms with Gasteiger partial charge in [0.25, 0.3) is 0 Å². The molecule has 2 rings (SSSR count). The Bertz CT molecular complexity index is 311. The summed E-state index contributed by atoms with van der Waals surface area (Å²) in [4.78, 5) is 2.65. The van der Waals surface area contributed by atoms with Crippen LogP contribution >= 0.6 is 0 Å². The Morgan fingerprint density at radius 2 is 2.19 bits per heavy atom. The highest BCUT2D eigenvalue weighted by Gasteiger charge is 2.40. The Hall–Kier alpha value is -0.720. The van der Waals surface area contributed by atoms with Gasteiger partial charge in [-0.2, -0.15) is 0 Å². The fourth-order valence-corrected chi connectivity index (χ4v) is 3.50. The molecule has 0 N–H and O–H groups in total. The normalized spacial score (nSPS) is 32.2. The monoisotopic (exact) mass is 219 g/mol. The Labute approximate surface area is 100 Å². The summed E-state index contributed by atoms with van der Waals surface area (Å²) in [6, 6.07) is 0. The first kappa shape index (κ1) is 11.8. The highest BCUT2D eigenvalue weighted by Crippen LogP contribution is 2.44. The largest absolute Gasteiger partial charge is 0.369 e. The average molecular weight is 219 g/mol. The third-order valence-electron chi connectivity index (χ3n) is 4.17. The Morgan fingerprint density at radius 3 is 2.88 bits per heavy atom. The van der Waals surface area contributed by atoms with E-state index in [1.165, 1.54) is 25.8 Å². The number of piperidine rings is 1. The molecule has 1 saturated heterocycles. The van der Waals surface area contributed by atoms with Gasteiger partial charge in [0.15, 0.2) is 0 Å². The van der Waals surface area contributed by atoms with Crippen molar-refractivity contribution in [1.29, 1.82) is 0 Å². The molecule has 0 aromatic rings. The molecule has 0 saturated carbocycles. The lowest BCUT2D eigenvalue weighted by atomic mass is 9.72. The second-order valence-electron chi connectivity index (χ2n) is 6.01. The molecule has 2 aliphatic rings. The van der Waals surface area contributed by atoms with E-state index in [0.717, 1.165) is 11.8 Å². The van der Waals surface area contributed by atoms with Crippen molar-refractivity contribution in [3.63, 3.8) is 0 Å². The van der Waals surface area contributed by atoms with Crippen LogP contribution in [0.1, 0.15) is 47.0 Å². The minimum Gasteiger partial charge on any atom is -0.369 e. The highest BCUT2D eigenvalue weighted by molar-refractivity contribution is 5.25. The molecule has 1 fully saturated rings. The van der Waals surface area contributed by atoms with Gasteiger partial charge in [-0.15, -0.1) is 0 Å². The van der Waals surface area contributed by atoms with Crippen LogP contribution in [-0.2, 0) is 0 Å². The lowest BCUT2D eigenvalue weighted by Crippen LogP contribution is -2.52. The molecule has 16 heavy (non-hydrogen) atoms. The van der Waals surface area contributed by atoms with Crippen LogP contribution in [0.5, 0.6) is 0 Å². The molecule has 0 spiro atoms. The molecule has 1 heterocycles. The van der Waals surface area contributed by atoms with Crippen molar-refractivity contribution in [2.75, 3.05) is 6.54 Å². The van der Waals surface area contributed by atoms with Crippen molar-refractivity contribution in [3.8, 4) is 0 Å². The molecular formula is C15H25N. The maximum Gasteiger partial charge on any atom is 0.0346 e. The molecule has 0 aromatic heterocycles. The summed E-state index contributed by atoms with van der Waals surface area (Å²) < 4.78 is 0. The van der Waals surface area contributed by atoms with Crippen LogP contribution in [0, 0.1) is 11.8 Å². The van der Waals surface area contributed by atoms with E-state index < -0.39 is 0 Å². The summed E-state index contributed by atoms with van der Waals surface area (Å²) >= 11 is 0. The number of likely N-dealkylation sites (tertiary alicyclic amines) is 1. The quantitative estimate of drug-likeness (QED) is 0.679. The molecular weight excluding hydrogens is 194 g/mol. The first-order valence-electron chi connectivity index (χ1n) is 6.70. The molecule has 0 bridgehead atoms. The van der Waals surface area contributed by atoms with Gasteiger partial charge in [-0.3, -0.25) is 0 Å². The summed E-state index contributed by atoms with van der Waals surface area (Å²) in [7, 11) is 0. The van der Waals surface area contributed by atoms with Gasteiger partial charge in [0.2, 0.25) is 0 Å². The van der Waals surface area contributed by atoms with E-state index >= 15 is 0 Å². The summed E-state index contributed by atoms with van der Waals surface area (Å²) in [5.41, 5.74) is 1.93. The first-order valence-corrected chi connectivity index (χ1v) is 6.70. The van der Waals surface area contributed by atoms with Gasteiger partial charge < -0.3 is 4.90 Å². The van der Waals surface area contributed by atoms with E-state index in [2.05, 4.69) is 50.8 Å². The van der Waals surface area contributed by atoms with Gasteiger partial charge in [0, 0.05) is 23.7 Å². The molecule has 2 atom stereocenters. The summed E-state index contributed by atoms with van der Waals surface area (Å²) in [5, 5.41) is 0. The molecule has 1 aliphatic heterocycles. The number of allylic oxidation sites excluding steroid dienone is 4. The van der Waals surface area contributed by atoms with E-state index in [4.69, 9.17) is 0 Å². The van der Waals surface area contributed by atoms with Crippen LogP contribution < -0.4 is 0 Å². The van der Waals surface area contributed by atoms with Crippen molar-refractivity contribution in [3.05, 3.63) is 23.9 Å². The van der Waals surface area contributed by atoms with E-state index in [9.17, 15) is 0 Å². The zero-order valence-electron chi connectivity index (χ0n) is 11.2. The van der Waals surface area contributed by atoms with Gasteiger partial charge in [0.05, 0.1) is 0 Å². The van der Waals surface area contributed by atoms with Gasteiger partial charge in [0.1, 0.15) is 0 Å². The lowest BCUT2D eigenvalue weighted by molar-refractivity contribution is 0.0594. The third kappa shape index (κ3) is 1.92. The standard InChI is InChI=1S/C15H25N/c1-5-10-16-14-9-7-6-8-13(14)12(2)11-15(16,3)4/h6-7,9,12-13H,5,8,10-11H2,1-4H3. The molecule has 90 valence electrons. The minimum atomic E-state index is 0.336. The Balaban J connectivity index is 2.31. The van der Waals surface area contributed by atoms with Crippen LogP contribution in [0.4, 0.5) is 0 Å². The van der Waals surface area contributed by atoms with Crippen LogP contribution in [-0.4, -0.2) is 17.0 Å². The van der Waals surface area contributed by atoms with Crippen LogP contribution in [0.25, 0.3) is 0 Å². The molecule has 1 heteroatoms. The van der Waals surface area contributed by atoms with Gasteiger partial charge >= 0.3 is 0 Å². The number of rotatable bonds is 2. The van der Waals surface area contributed by atoms with E-state index in [0.29, 0.717) is 5.54 Å². The molecule has 1 nitrogen and oxygen atoms in total. The molecule has 1 aliphatic carbocycles. The van der Waals surface area contributed by atoms with Gasteiger partial charge in [-0.05, 0) is 45.1 Å². The van der Waals surface area contributed by atoms with Crippen molar-refractivity contribution >= 4 is 0 Å². The maximum atomic E-state index is 2.65. The predicted molar refractivity (Wildman–Crippen MR) is 70.2 cm³/mol. The van der Waals surface area contributed by atoms with Crippen molar-refractivity contribution in [2.45, 2.75) is 52.5 Å². The van der Waals surface area contributed by atoms with E-state index in [1.54, 1.807) is 5.70 Å². The summed E-state index contributed by atoms with van der Waals surface area (Å²) in [6.45, 7) is 10.7. The number of hydrogen-bond donors (Lipinski definition) is 0.